The van der Waals surface area contributed by atoms with Crippen molar-refractivity contribution in [2.45, 2.75) is 109 Å². The molecule has 0 aromatic heterocycles. The van der Waals surface area contributed by atoms with E-state index >= 15 is 0 Å². The number of nitrogens with two attached hydrogens (primary N) is 1. The third-order valence-electron chi connectivity index (χ3n) is 7.87. The summed E-state index contributed by atoms with van der Waals surface area (Å²) in [5.41, 5.74) is 6.12. The predicted octanol–water partition coefficient (Wildman–Crippen LogP) is 4.49. The molecule has 35 heavy (non-hydrogen) atoms. The highest BCUT2D eigenvalue weighted by Crippen LogP contribution is 2.27. The second-order valence-corrected chi connectivity index (χ2v) is 11.2. The van der Waals surface area contributed by atoms with Crippen LogP contribution < -0.4 is 11.1 Å². The zero-order chi connectivity index (χ0) is 25.3. The van der Waals surface area contributed by atoms with Crippen LogP contribution in [0.4, 0.5) is 0 Å². The van der Waals surface area contributed by atoms with Crippen LogP contribution in [-0.2, 0) is 14.3 Å². The molecule has 2 aliphatic carbocycles. The van der Waals surface area contributed by atoms with Crippen LogP contribution >= 0.6 is 0 Å². The minimum Gasteiger partial charge on any atom is -0.451 e. The van der Waals surface area contributed by atoms with Gasteiger partial charge in [-0.25, -0.2) is 6.04 Å². The first kappa shape index (κ1) is 28.2. The smallest absolute Gasteiger partial charge is 0.165 e. The van der Waals surface area contributed by atoms with Gasteiger partial charge in [0.25, 0.3) is 0 Å². The number of carbonyl (C=O) groups is 2. The number of ether oxygens (including phenoxy) is 1. The number of fused-ring (bicyclic) bond motifs is 1. The van der Waals surface area contributed by atoms with E-state index in [2.05, 4.69) is 35.4 Å². The first-order valence-corrected chi connectivity index (χ1v) is 13.9. The molecule has 6 heteroatoms. The van der Waals surface area contributed by atoms with Gasteiger partial charge in [0.15, 0.2) is 11.6 Å². The van der Waals surface area contributed by atoms with Crippen LogP contribution in [0, 0.1) is 12.0 Å². The van der Waals surface area contributed by atoms with Crippen LogP contribution in [0.15, 0.2) is 23.8 Å². The van der Waals surface area contributed by atoms with Gasteiger partial charge in [-0.2, -0.15) is 6.92 Å². The maximum atomic E-state index is 12.8. The van der Waals surface area contributed by atoms with E-state index < -0.39 is 5.54 Å². The van der Waals surface area contributed by atoms with Crippen molar-refractivity contribution in [3.63, 3.8) is 0 Å². The Hall–Kier alpha value is -1.34. The van der Waals surface area contributed by atoms with Crippen molar-refractivity contribution in [3.8, 4) is 0 Å². The van der Waals surface area contributed by atoms with Crippen molar-refractivity contribution >= 4 is 11.6 Å². The lowest BCUT2D eigenvalue weighted by Gasteiger charge is -2.48. The summed E-state index contributed by atoms with van der Waals surface area (Å²) in [6, 6.07) is 1.35. The lowest BCUT2D eigenvalue weighted by Crippen LogP contribution is -2.51. The van der Waals surface area contributed by atoms with E-state index in [-0.39, 0.29) is 30.3 Å². The highest BCUT2D eigenvalue weighted by molar-refractivity contribution is 5.96. The van der Waals surface area contributed by atoms with Crippen molar-refractivity contribution in [3.05, 3.63) is 29.8 Å². The normalized spacial score (nSPS) is 25.7. The molecule has 0 spiro atoms. The molecule has 0 saturated carbocycles. The van der Waals surface area contributed by atoms with Gasteiger partial charge in [-0.1, -0.05) is 31.1 Å². The number of carbonyl (C=O) groups excluding carboxylic acids is 2. The maximum absolute atomic E-state index is 12.8. The van der Waals surface area contributed by atoms with Gasteiger partial charge in [0.2, 0.25) is 0 Å². The van der Waals surface area contributed by atoms with Crippen molar-refractivity contribution in [2.24, 2.45) is 11.7 Å². The molecule has 2 unspecified atom stereocenters. The lowest BCUT2D eigenvalue weighted by atomic mass is 9.89. The Labute approximate surface area is 213 Å². The van der Waals surface area contributed by atoms with Crippen LogP contribution in [-0.4, -0.2) is 60.4 Å². The average Bonchev–Trinajstić information content (AvgIpc) is 2.84. The van der Waals surface area contributed by atoms with Gasteiger partial charge < -0.3 is 20.7 Å². The van der Waals surface area contributed by atoms with E-state index in [0.717, 1.165) is 57.2 Å². The molecule has 0 bridgehead atoms. The lowest BCUT2D eigenvalue weighted by molar-refractivity contribution is -0.122. The summed E-state index contributed by atoms with van der Waals surface area (Å²) in [7, 11) is 0. The third-order valence-corrected chi connectivity index (χ3v) is 7.87. The van der Waals surface area contributed by atoms with E-state index in [0.29, 0.717) is 18.9 Å². The zero-order valence-electron chi connectivity index (χ0n) is 22.3. The highest BCUT2D eigenvalue weighted by atomic mass is 16.5. The molecule has 1 fully saturated rings. The molecule has 0 radical (unpaired) electrons. The fourth-order valence-electron chi connectivity index (χ4n) is 5.49. The molecule has 0 aromatic rings. The molecule has 198 valence electrons. The summed E-state index contributed by atoms with van der Waals surface area (Å²) in [6.07, 6.45) is 18.3. The van der Waals surface area contributed by atoms with Crippen LogP contribution in [0.5, 0.6) is 0 Å². The Morgan fingerprint density at radius 2 is 2.06 bits per heavy atom. The van der Waals surface area contributed by atoms with Crippen molar-refractivity contribution in [2.75, 3.05) is 26.2 Å². The first-order valence-electron chi connectivity index (χ1n) is 13.9. The van der Waals surface area contributed by atoms with Crippen molar-refractivity contribution in [1.82, 2.24) is 10.2 Å². The van der Waals surface area contributed by atoms with Gasteiger partial charge in [0.1, 0.15) is 0 Å². The average molecular weight is 487 g/mol. The SMILES string of the molecule is C[C-]([C@@H](CCCC1C=CCCC1)NCC(=O)C(C)(C)N)N1CCCC(=O)C2=CCCCC2OCC1. The van der Waals surface area contributed by atoms with Crippen LogP contribution in [0.25, 0.3) is 0 Å². The molecular formula is C29H48N3O3-. The highest BCUT2D eigenvalue weighted by Gasteiger charge is 2.26. The molecule has 3 aliphatic rings. The summed E-state index contributed by atoms with van der Waals surface area (Å²) >= 11 is 0. The molecule has 1 heterocycles. The number of Topliss-reactive ketones (excluding diaryl/α,β-unsaturated/α-hetero) is 2. The Kier molecular flexibility index (Phi) is 11.2. The summed E-state index contributed by atoms with van der Waals surface area (Å²) in [4.78, 5) is 27.7. The predicted molar refractivity (Wildman–Crippen MR) is 142 cm³/mol. The number of hydrogen-bond acceptors (Lipinski definition) is 6. The molecule has 3 N–H and O–H groups in total. The van der Waals surface area contributed by atoms with Gasteiger partial charge in [-0.05, 0) is 84.2 Å². The Morgan fingerprint density at radius 1 is 1.26 bits per heavy atom. The van der Waals surface area contributed by atoms with Gasteiger partial charge in [-0.15, -0.1) is 6.04 Å². The van der Waals surface area contributed by atoms with Gasteiger partial charge in [0.05, 0.1) is 24.8 Å². The van der Waals surface area contributed by atoms with E-state index in [1.54, 1.807) is 13.8 Å². The number of rotatable bonds is 10. The molecule has 0 aromatic carbocycles. The molecule has 3 rings (SSSR count). The van der Waals surface area contributed by atoms with E-state index in [1.165, 1.54) is 31.7 Å². The van der Waals surface area contributed by atoms with Crippen molar-refractivity contribution < 1.29 is 14.3 Å². The summed E-state index contributed by atoms with van der Waals surface area (Å²) in [5.74, 6) is 0.956. The van der Waals surface area contributed by atoms with E-state index in [9.17, 15) is 9.59 Å². The number of nitrogens with one attached hydrogen (secondary N) is 1. The minimum atomic E-state index is -0.839. The molecule has 1 saturated heterocycles. The second kappa shape index (κ2) is 13.8. The fraction of sp³-hybridized carbons (Fsp3) is 0.759. The van der Waals surface area contributed by atoms with Gasteiger partial charge in [-0.3, -0.25) is 9.59 Å². The van der Waals surface area contributed by atoms with E-state index in [4.69, 9.17) is 10.5 Å². The van der Waals surface area contributed by atoms with Crippen LogP contribution in [0.1, 0.15) is 91.4 Å². The fourth-order valence-corrected chi connectivity index (χ4v) is 5.49. The molecular weight excluding hydrogens is 438 g/mol. The minimum absolute atomic E-state index is 0.0250. The Bertz CT molecular complexity index is 755. The third kappa shape index (κ3) is 8.92. The Balaban J connectivity index is 1.62. The number of allylic oxidation sites excluding steroid dienone is 3. The van der Waals surface area contributed by atoms with Crippen molar-refractivity contribution in [1.29, 1.82) is 0 Å². The number of ketones is 2. The standard InChI is InChI=1S/C29H48N3O3/c1-22(32-18-10-16-26(33)24-14-7-8-17-27(24)35-20-19-32)25(31-21-28(34)29(2,3)30)15-9-13-23-11-5-4-6-12-23/h5,11,14,23,25,27,31H,4,6-10,12-13,15-21,30H2,1-3H3/q-1/t23?,25-,27?/m1/s1. The van der Waals surface area contributed by atoms with Gasteiger partial charge in [0, 0.05) is 12.0 Å². The maximum Gasteiger partial charge on any atom is 0.165 e. The second-order valence-electron chi connectivity index (χ2n) is 11.2. The summed E-state index contributed by atoms with van der Waals surface area (Å²) < 4.78 is 6.21. The molecule has 0 amide bonds. The van der Waals surface area contributed by atoms with Crippen LogP contribution in [0.2, 0.25) is 0 Å². The molecule has 3 atom stereocenters. The van der Waals surface area contributed by atoms with Gasteiger partial charge >= 0.3 is 0 Å². The number of nitrogens with zero attached hydrogens (tertiary/aromatic N) is 1. The van der Waals surface area contributed by atoms with E-state index in [1.807, 2.05) is 0 Å². The Morgan fingerprint density at radius 3 is 2.80 bits per heavy atom. The first-order chi connectivity index (χ1) is 16.8. The monoisotopic (exact) mass is 486 g/mol. The molecule has 1 aliphatic heterocycles. The topological polar surface area (TPSA) is 84.7 Å². The summed E-state index contributed by atoms with van der Waals surface area (Å²) in [5, 5.41) is 3.54. The zero-order valence-corrected chi connectivity index (χ0v) is 22.3. The number of hydrogen-bond donors (Lipinski definition) is 2. The largest absolute Gasteiger partial charge is 0.451 e. The molecule has 6 nitrogen and oxygen atoms in total. The quantitative estimate of drug-likeness (QED) is 0.350. The van der Waals surface area contributed by atoms with Crippen LogP contribution in [0.3, 0.4) is 0 Å². The summed E-state index contributed by atoms with van der Waals surface area (Å²) in [6.45, 7) is 8.24.